The van der Waals surface area contributed by atoms with Crippen LogP contribution >= 0.6 is 0 Å². The molecular weight excluding hydrogens is 246 g/mol. The molecule has 112 valence electrons. The smallest absolute Gasteiger partial charge is 0.119 e. The first-order chi connectivity index (χ1) is 9.66. The molecule has 1 N–H and O–H groups in total. The first-order valence-corrected chi connectivity index (χ1v) is 8.13. The van der Waals surface area contributed by atoms with Crippen molar-refractivity contribution in [1.82, 2.24) is 5.32 Å². The monoisotopic (exact) mass is 275 g/mol. The third kappa shape index (κ3) is 3.76. The van der Waals surface area contributed by atoms with Crippen molar-refractivity contribution in [2.75, 3.05) is 13.2 Å². The van der Waals surface area contributed by atoms with Gasteiger partial charge in [0.2, 0.25) is 0 Å². The van der Waals surface area contributed by atoms with Crippen LogP contribution in [0.25, 0.3) is 0 Å². The minimum atomic E-state index is 0.327. The fraction of sp³-hybridized carbons (Fsp3) is 0.667. The number of ether oxygens (including phenoxy) is 1. The lowest BCUT2D eigenvalue weighted by molar-refractivity contribution is 0.273. The molecule has 0 radical (unpaired) electrons. The molecule has 1 aliphatic carbocycles. The lowest BCUT2D eigenvalue weighted by atomic mass is 9.69. The average molecular weight is 275 g/mol. The molecule has 2 nitrogen and oxygen atoms in total. The molecule has 2 rings (SSSR count). The van der Waals surface area contributed by atoms with Crippen molar-refractivity contribution < 1.29 is 4.74 Å². The summed E-state index contributed by atoms with van der Waals surface area (Å²) in [5.41, 5.74) is 1.81. The molecule has 0 bridgehead atoms. The van der Waals surface area contributed by atoms with E-state index in [-0.39, 0.29) is 0 Å². The first kappa shape index (κ1) is 15.4. The summed E-state index contributed by atoms with van der Waals surface area (Å²) in [6.45, 7) is 8.32. The Labute approximate surface area is 123 Å². The maximum Gasteiger partial charge on any atom is 0.119 e. The second kappa shape index (κ2) is 7.12. The first-order valence-electron chi connectivity index (χ1n) is 8.13. The van der Waals surface area contributed by atoms with Crippen LogP contribution in [0.4, 0.5) is 0 Å². The number of benzene rings is 1. The molecule has 0 spiro atoms. The van der Waals surface area contributed by atoms with E-state index in [4.69, 9.17) is 4.74 Å². The topological polar surface area (TPSA) is 21.3 Å². The molecule has 1 aromatic rings. The maximum atomic E-state index is 5.56. The Balaban J connectivity index is 2.16. The summed E-state index contributed by atoms with van der Waals surface area (Å²) in [7, 11) is 0. The fourth-order valence-electron chi connectivity index (χ4n) is 3.27. The Kier molecular flexibility index (Phi) is 5.47. The van der Waals surface area contributed by atoms with Gasteiger partial charge in [-0.25, -0.2) is 0 Å². The second-order valence-electron chi connectivity index (χ2n) is 6.33. The second-order valence-corrected chi connectivity index (χ2v) is 6.33. The molecule has 20 heavy (non-hydrogen) atoms. The van der Waals surface area contributed by atoms with E-state index < -0.39 is 0 Å². The molecule has 1 fully saturated rings. The van der Waals surface area contributed by atoms with Crippen LogP contribution in [0.3, 0.4) is 0 Å². The highest BCUT2D eigenvalue weighted by Crippen LogP contribution is 2.39. The minimum absolute atomic E-state index is 0.327. The van der Waals surface area contributed by atoms with Crippen LogP contribution in [0.5, 0.6) is 5.75 Å². The molecule has 2 heteroatoms. The van der Waals surface area contributed by atoms with Gasteiger partial charge in [0.05, 0.1) is 6.61 Å². The van der Waals surface area contributed by atoms with Gasteiger partial charge in [0.1, 0.15) is 5.75 Å². The van der Waals surface area contributed by atoms with Crippen molar-refractivity contribution in [3.8, 4) is 5.75 Å². The van der Waals surface area contributed by atoms with Crippen molar-refractivity contribution in [2.45, 2.75) is 64.3 Å². The summed E-state index contributed by atoms with van der Waals surface area (Å²) < 4.78 is 5.56. The third-order valence-electron chi connectivity index (χ3n) is 4.44. The zero-order valence-electron chi connectivity index (χ0n) is 13.2. The summed E-state index contributed by atoms with van der Waals surface area (Å²) in [5, 5.41) is 3.66. The van der Waals surface area contributed by atoms with E-state index in [1.165, 1.54) is 37.7 Å². The number of hydrogen-bond donors (Lipinski definition) is 1. The molecule has 1 saturated carbocycles. The lowest BCUT2D eigenvalue weighted by Gasteiger charge is -2.39. The Bertz CT molecular complexity index is 390. The summed E-state index contributed by atoms with van der Waals surface area (Å²) in [4.78, 5) is 0. The predicted molar refractivity (Wildman–Crippen MR) is 85.5 cm³/mol. The van der Waals surface area contributed by atoms with Crippen LogP contribution in [0.1, 0.15) is 58.4 Å². The Hall–Kier alpha value is -1.02. The standard InChI is InChI=1S/C18H29NO/c1-4-20-17-10-8-16(9-11-17)18(14-19-15(2)3)12-6-5-7-13-18/h8-11,15,19H,4-7,12-14H2,1-3H3. The van der Waals surface area contributed by atoms with Gasteiger partial charge < -0.3 is 10.1 Å². The van der Waals surface area contributed by atoms with Crippen molar-refractivity contribution >= 4 is 0 Å². The van der Waals surface area contributed by atoms with Gasteiger partial charge in [-0.3, -0.25) is 0 Å². The Morgan fingerprint density at radius 1 is 1.10 bits per heavy atom. The highest BCUT2D eigenvalue weighted by Gasteiger charge is 2.33. The van der Waals surface area contributed by atoms with E-state index in [0.29, 0.717) is 11.5 Å². The summed E-state index contributed by atoms with van der Waals surface area (Å²) in [6.07, 6.45) is 6.71. The van der Waals surface area contributed by atoms with Crippen molar-refractivity contribution in [3.63, 3.8) is 0 Å². The number of rotatable bonds is 6. The summed E-state index contributed by atoms with van der Waals surface area (Å²) in [6, 6.07) is 9.36. The van der Waals surface area contributed by atoms with Crippen LogP contribution < -0.4 is 10.1 Å². The molecule has 1 aliphatic rings. The number of hydrogen-bond acceptors (Lipinski definition) is 2. The van der Waals surface area contributed by atoms with Crippen LogP contribution in [-0.4, -0.2) is 19.2 Å². The Morgan fingerprint density at radius 3 is 2.30 bits per heavy atom. The molecule has 0 unspecified atom stereocenters. The fourth-order valence-corrected chi connectivity index (χ4v) is 3.27. The predicted octanol–water partition coefficient (Wildman–Crippen LogP) is 4.29. The summed E-state index contributed by atoms with van der Waals surface area (Å²) >= 11 is 0. The lowest BCUT2D eigenvalue weighted by Crippen LogP contribution is -2.42. The van der Waals surface area contributed by atoms with Crippen molar-refractivity contribution in [1.29, 1.82) is 0 Å². The SMILES string of the molecule is CCOc1ccc(C2(CNC(C)C)CCCCC2)cc1. The molecular formula is C18H29NO. The molecule has 0 aromatic heterocycles. The highest BCUT2D eigenvalue weighted by atomic mass is 16.5. The van der Waals surface area contributed by atoms with Gasteiger partial charge in [-0.2, -0.15) is 0 Å². The minimum Gasteiger partial charge on any atom is -0.494 e. The van der Waals surface area contributed by atoms with Crippen LogP contribution in [-0.2, 0) is 5.41 Å². The zero-order valence-corrected chi connectivity index (χ0v) is 13.2. The van der Waals surface area contributed by atoms with Gasteiger partial charge in [-0.15, -0.1) is 0 Å². The molecule has 0 aliphatic heterocycles. The molecule has 0 saturated heterocycles. The number of nitrogens with one attached hydrogen (secondary N) is 1. The van der Waals surface area contributed by atoms with Crippen LogP contribution in [0, 0.1) is 0 Å². The van der Waals surface area contributed by atoms with E-state index in [9.17, 15) is 0 Å². The van der Waals surface area contributed by atoms with Gasteiger partial charge in [-0.05, 0) is 37.5 Å². The van der Waals surface area contributed by atoms with Gasteiger partial charge in [0.25, 0.3) is 0 Å². The van der Waals surface area contributed by atoms with Gasteiger partial charge in [0.15, 0.2) is 0 Å². The molecule has 0 atom stereocenters. The van der Waals surface area contributed by atoms with Crippen LogP contribution in [0.2, 0.25) is 0 Å². The maximum absolute atomic E-state index is 5.56. The molecule has 0 amide bonds. The third-order valence-corrected chi connectivity index (χ3v) is 4.44. The van der Waals surface area contributed by atoms with Crippen molar-refractivity contribution in [3.05, 3.63) is 29.8 Å². The zero-order chi connectivity index (χ0) is 14.4. The van der Waals surface area contributed by atoms with E-state index in [0.717, 1.165) is 18.9 Å². The largest absolute Gasteiger partial charge is 0.494 e. The van der Waals surface area contributed by atoms with Crippen LogP contribution in [0.15, 0.2) is 24.3 Å². The van der Waals surface area contributed by atoms with Gasteiger partial charge in [-0.1, -0.05) is 45.2 Å². The average Bonchev–Trinajstić information content (AvgIpc) is 2.47. The molecule has 0 heterocycles. The van der Waals surface area contributed by atoms with E-state index in [1.807, 2.05) is 6.92 Å². The van der Waals surface area contributed by atoms with Gasteiger partial charge >= 0.3 is 0 Å². The van der Waals surface area contributed by atoms with E-state index in [2.05, 4.69) is 43.4 Å². The highest BCUT2D eigenvalue weighted by molar-refractivity contribution is 5.33. The van der Waals surface area contributed by atoms with E-state index >= 15 is 0 Å². The Morgan fingerprint density at radius 2 is 1.75 bits per heavy atom. The van der Waals surface area contributed by atoms with E-state index in [1.54, 1.807) is 0 Å². The van der Waals surface area contributed by atoms with Gasteiger partial charge in [0, 0.05) is 18.0 Å². The van der Waals surface area contributed by atoms with Crippen molar-refractivity contribution in [2.24, 2.45) is 0 Å². The normalized spacial score (nSPS) is 18.2. The quantitative estimate of drug-likeness (QED) is 0.836. The summed E-state index contributed by atoms with van der Waals surface area (Å²) in [5.74, 6) is 0.985. The molecule has 1 aromatic carbocycles.